The van der Waals surface area contributed by atoms with Gasteiger partial charge in [0.2, 0.25) is 0 Å². The molecule has 0 N–H and O–H groups in total. The smallest absolute Gasteiger partial charge is 0.160 e. The number of nitrogens with zero attached hydrogens (tertiary/aromatic N) is 8. The van der Waals surface area contributed by atoms with Crippen LogP contribution in [0.4, 0.5) is 0 Å². The average Bonchev–Trinajstić information content (AvgIpc) is 1.75. The molecular weight excluding hydrogens is 1800 g/mol. The highest BCUT2D eigenvalue weighted by atomic mass is 16.3. The molecule has 13 heteroatoms. The van der Waals surface area contributed by atoms with Gasteiger partial charge in [-0.15, -0.1) is 0 Å². The van der Waals surface area contributed by atoms with Crippen LogP contribution in [0.1, 0.15) is 0 Å². The third kappa shape index (κ3) is 16.3. The highest BCUT2D eigenvalue weighted by Gasteiger charge is 2.24. The van der Waals surface area contributed by atoms with Crippen molar-refractivity contribution in [3.05, 3.63) is 497 Å². The number of hydrogen-bond donors (Lipinski definition) is 0. The highest BCUT2D eigenvalue weighted by Crippen LogP contribution is 2.45. The van der Waals surface area contributed by atoms with E-state index in [1.54, 1.807) is 0 Å². The molecule has 0 aliphatic heterocycles. The Morgan fingerprint density at radius 2 is 0.395 bits per heavy atom. The summed E-state index contributed by atoms with van der Waals surface area (Å²) in [5.74, 6) is 1.45. The van der Waals surface area contributed by atoms with Gasteiger partial charge in [-0.05, 0) is 185 Å². The van der Waals surface area contributed by atoms with Crippen LogP contribution in [0.3, 0.4) is 0 Å². The number of para-hydroxylation sites is 8. The molecule has 0 radical (unpaired) electrons. The average molecular weight is 1880 g/mol. The predicted octanol–water partition coefficient (Wildman–Crippen LogP) is 36.0. The summed E-state index contributed by atoms with van der Waals surface area (Å²) in [6, 6.07) is 170. The van der Waals surface area contributed by atoms with Crippen LogP contribution in [0, 0.1) is 0 Å². The van der Waals surface area contributed by atoms with E-state index in [9.17, 15) is 0 Å². The van der Waals surface area contributed by atoms with E-state index in [-0.39, 0.29) is 0 Å². The number of hydrogen-bond acceptors (Lipinski definition) is 13. The zero-order valence-electron chi connectivity index (χ0n) is 79.0. The van der Waals surface area contributed by atoms with Gasteiger partial charge in [-0.3, -0.25) is 0 Å². The minimum atomic E-state index is 0.724. The Morgan fingerprint density at radius 1 is 0.116 bits per heavy atom. The zero-order chi connectivity index (χ0) is 97.2. The van der Waals surface area contributed by atoms with Crippen molar-refractivity contribution in [2.45, 2.75) is 0 Å². The van der Waals surface area contributed by atoms with Crippen LogP contribution in [-0.2, 0) is 0 Å². The standard InChI is InChI=1S/C38H22N2O2.3C32H20N2O/c1-5-14-33-27(10-1)29-18-16-24(22-36(29)42-33)23-8-7-9-25(20-23)37-38(40-32-13-4-3-12-31(32)39-37)26-17-19-35-30(21-26)28-11-2-6-15-34(28)41-35;1-3-10-21(11-4-1)30-31(22-12-5-2-6-13-22)34-32-24(15-9-16-27(32)33-30)23-18-19-26-25-14-7-8-17-28(25)35-29(26)20-23;1-3-9-21(10-4-1)31-27-19-23(16-18-28(27)33-32(34-31)22-11-5-2-6-12-22)24-15-17-26-25-13-7-8-14-29(25)35-30(26)20-24;1-3-9-21(10-4-1)31-27-18-16-23(19-28(27)33-32(34-31)22-11-5-2-6-12-22)24-15-17-26-25-13-7-8-14-29(25)35-30(26)20-24/h1-22H;3*1-20H. The van der Waals surface area contributed by atoms with Crippen molar-refractivity contribution in [3.63, 3.8) is 0 Å². The van der Waals surface area contributed by atoms with Crippen LogP contribution < -0.4 is 0 Å². The van der Waals surface area contributed by atoms with Crippen LogP contribution in [0.25, 0.3) is 288 Å². The van der Waals surface area contributed by atoms with E-state index in [2.05, 4.69) is 243 Å². The monoisotopic (exact) mass is 1880 g/mol. The fraction of sp³-hybridized carbons (Fsp3) is 0. The Balaban J connectivity index is 0.0000000973. The Morgan fingerprint density at radius 3 is 0.864 bits per heavy atom. The van der Waals surface area contributed by atoms with Gasteiger partial charge < -0.3 is 22.1 Å². The normalized spacial score (nSPS) is 11.5. The first-order valence-corrected chi connectivity index (χ1v) is 49.0. The molecule has 30 rings (SSSR count). The van der Waals surface area contributed by atoms with Crippen LogP contribution >= 0.6 is 0 Å². The second-order valence-electron chi connectivity index (χ2n) is 36.6. The molecule has 13 nitrogen and oxygen atoms in total. The maximum absolute atomic E-state index is 6.18. The molecule has 0 aliphatic carbocycles. The number of fused-ring (bicyclic) bond motifs is 19. The number of aromatic nitrogens is 8. The Bertz CT molecular complexity index is 10300. The van der Waals surface area contributed by atoms with Gasteiger partial charge >= 0.3 is 0 Å². The lowest BCUT2D eigenvalue weighted by molar-refractivity contribution is 0.668. The lowest BCUT2D eigenvalue weighted by Gasteiger charge is -2.13. The fourth-order valence-electron chi connectivity index (χ4n) is 20.3. The second-order valence-corrected chi connectivity index (χ2v) is 36.6. The number of benzene rings is 21. The summed E-state index contributed by atoms with van der Waals surface area (Å²) in [4.78, 5) is 40.6. The van der Waals surface area contributed by atoms with Crippen molar-refractivity contribution in [2.24, 2.45) is 0 Å². The van der Waals surface area contributed by atoms with E-state index in [1.165, 1.54) is 0 Å². The van der Waals surface area contributed by atoms with Gasteiger partial charge in [0, 0.05) is 115 Å². The van der Waals surface area contributed by atoms with E-state index < -0.39 is 0 Å². The third-order valence-electron chi connectivity index (χ3n) is 27.5. The summed E-state index contributed by atoms with van der Waals surface area (Å²) in [7, 11) is 0. The molecule has 0 bridgehead atoms. The minimum absolute atomic E-state index is 0.724. The van der Waals surface area contributed by atoms with E-state index in [0.717, 1.165) is 288 Å². The van der Waals surface area contributed by atoms with Gasteiger partial charge in [-0.1, -0.05) is 352 Å². The molecule has 0 saturated heterocycles. The molecule has 0 amide bonds. The molecule has 30 aromatic rings. The Kier molecular flexibility index (Phi) is 21.6. The maximum atomic E-state index is 6.18. The summed E-state index contributed by atoms with van der Waals surface area (Å²) in [5.41, 5.74) is 36.4. The largest absolute Gasteiger partial charge is 0.456 e. The van der Waals surface area contributed by atoms with Crippen LogP contribution in [0.5, 0.6) is 0 Å². The molecule has 0 spiro atoms. The van der Waals surface area contributed by atoms with Crippen molar-refractivity contribution in [1.29, 1.82) is 0 Å². The van der Waals surface area contributed by atoms with Crippen molar-refractivity contribution in [3.8, 4) is 135 Å². The quantitative estimate of drug-likeness (QED) is 0.113. The molecule has 9 heterocycles. The topological polar surface area (TPSA) is 169 Å². The second kappa shape index (κ2) is 36.9. The van der Waals surface area contributed by atoms with Crippen molar-refractivity contribution in [2.75, 3.05) is 0 Å². The first-order chi connectivity index (χ1) is 72.8. The highest BCUT2D eigenvalue weighted by molar-refractivity contribution is 6.12. The van der Waals surface area contributed by atoms with Gasteiger partial charge in [-0.2, -0.15) is 0 Å². The summed E-state index contributed by atoms with van der Waals surface area (Å²) in [6.07, 6.45) is 0. The number of furan rings is 5. The summed E-state index contributed by atoms with van der Waals surface area (Å²) >= 11 is 0. The van der Waals surface area contributed by atoms with E-state index >= 15 is 0 Å². The van der Waals surface area contributed by atoms with E-state index in [1.807, 2.05) is 255 Å². The molecule has 0 saturated carbocycles. The molecule has 147 heavy (non-hydrogen) atoms. The third-order valence-corrected chi connectivity index (χ3v) is 27.5. The molecule has 0 aliphatic rings. The fourth-order valence-corrected chi connectivity index (χ4v) is 20.3. The van der Waals surface area contributed by atoms with Crippen molar-refractivity contribution < 1.29 is 22.1 Å². The van der Waals surface area contributed by atoms with Gasteiger partial charge in [0.05, 0.1) is 67.3 Å². The molecule has 0 fully saturated rings. The van der Waals surface area contributed by atoms with Crippen LogP contribution in [-0.4, -0.2) is 39.9 Å². The van der Waals surface area contributed by atoms with Crippen LogP contribution in [0.15, 0.2) is 520 Å². The molecular formula is C134H82N8O5. The zero-order valence-corrected chi connectivity index (χ0v) is 79.0. The van der Waals surface area contributed by atoms with E-state index in [4.69, 9.17) is 62.0 Å². The Hall–Kier alpha value is -20.0. The minimum Gasteiger partial charge on any atom is -0.456 e. The van der Waals surface area contributed by atoms with E-state index in [0.29, 0.717) is 0 Å². The van der Waals surface area contributed by atoms with Crippen molar-refractivity contribution in [1.82, 2.24) is 39.9 Å². The maximum Gasteiger partial charge on any atom is 0.160 e. The lowest BCUT2D eigenvalue weighted by atomic mass is 9.97. The van der Waals surface area contributed by atoms with Crippen molar-refractivity contribution >= 4 is 154 Å². The Labute approximate surface area is 842 Å². The first kappa shape index (κ1) is 86.1. The van der Waals surface area contributed by atoms with Crippen LogP contribution in [0.2, 0.25) is 0 Å². The summed E-state index contributed by atoms with van der Waals surface area (Å²) < 4.78 is 30.7. The van der Waals surface area contributed by atoms with Gasteiger partial charge in [0.1, 0.15) is 55.8 Å². The number of rotatable bonds is 12. The van der Waals surface area contributed by atoms with Gasteiger partial charge in [-0.25, -0.2) is 39.9 Å². The summed E-state index contributed by atoms with van der Waals surface area (Å²) in [6.45, 7) is 0. The molecule has 0 atom stereocenters. The molecule has 688 valence electrons. The first-order valence-electron chi connectivity index (χ1n) is 49.0. The van der Waals surface area contributed by atoms with Gasteiger partial charge in [0.25, 0.3) is 0 Å². The SMILES string of the molecule is c1cc(-c2ccc3c(c2)oc2ccccc23)cc(-c2nc3ccccc3nc2-c2ccc3oc4ccccc4c3c2)c1.c1ccc(-c2nc(-c3ccccc3)c3cc(-c4ccc5c(c4)oc4ccccc45)ccc3n2)cc1.c1ccc(-c2nc(-c3ccccc3)c3ccc(-c4ccc5c(c4)oc4ccccc45)cc3n2)cc1.c1ccc(-c2nc3cccc(-c4ccc5c(c4)oc4ccccc45)c3nc2-c2ccccc2)cc1. The lowest BCUT2D eigenvalue weighted by Crippen LogP contribution is -1.97. The van der Waals surface area contributed by atoms with Gasteiger partial charge in [0.15, 0.2) is 11.6 Å². The molecule has 9 aromatic heterocycles. The molecule has 0 unspecified atom stereocenters. The summed E-state index contributed by atoms with van der Waals surface area (Å²) in [5, 5.41) is 13.3. The molecule has 21 aromatic carbocycles. The predicted molar refractivity (Wildman–Crippen MR) is 600 cm³/mol.